The number of nitrogens with one attached hydrogen (secondary N) is 5. The quantitative estimate of drug-likeness (QED) is 0.0338. The van der Waals surface area contributed by atoms with Crippen LogP contribution in [0.25, 0.3) is 0 Å². The topological polar surface area (TPSA) is 484 Å². The van der Waals surface area contributed by atoms with Crippen LogP contribution in [0.3, 0.4) is 0 Å². The Bertz CT molecular complexity index is 2740. The molecule has 2 aromatic rings. The Labute approximate surface area is 502 Å². The van der Waals surface area contributed by atoms with E-state index in [1.807, 2.05) is 0 Å². The summed E-state index contributed by atoms with van der Waals surface area (Å²) in [5, 5.41) is 96.5. The van der Waals surface area contributed by atoms with Crippen molar-refractivity contribution in [2.45, 2.75) is 175 Å². The van der Waals surface area contributed by atoms with Crippen LogP contribution in [0.4, 0.5) is 0 Å². The number of carboxylic acid groups (broad SMARTS) is 1. The molecule has 9 amide bonds. The highest BCUT2D eigenvalue weighted by Gasteiger charge is 2.49. The van der Waals surface area contributed by atoms with Gasteiger partial charge in [-0.05, 0) is 100 Å². The smallest absolute Gasteiger partial charge is 0.326 e. The Balaban J connectivity index is 1.19. The highest BCUT2D eigenvalue weighted by atomic mass is 16.4. The van der Waals surface area contributed by atoms with E-state index >= 15 is 0 Å². The van der Waals surface area contributed by atoms with E-state index < -0.39 is 183 Å². The molecule has 0 aromatic heterocycles. The largest absolute Gasteiger partial charge is 0.508 e. The fourth-order valence-electron chi connectivity index (χ4n) is 11.4. The molecule has 4 aliphatic heterocycles. The third kappa shape index (κ3) is 18.2. The number of likely N-dealkylation sites (tertiary alicyclic amines) is 4. The molecule has 14 atom stereocenters. The van der Waals surface area contributed by atoms with Crippen LogP contribution in [-0.2, 0) is 60.8 Å². The second-order valence-corrected chi connectivity index (χ2v) is 22.8. The summed E-state index contributed by atoms with van der Waals surface area (Å²) in [6, 6.07) is -3.53. The maximum absolute atomic E-state index is 14.8. The molecule has 6 rings (SSSR count). The SMILES string of the molecule is C[C@@H](O)[C@H](NC(=O)[C@@H]1C[C@@H](O)CN1C(=O)[C@@H]1C[C@@H](O)CN1C(=O)[C@H](Cc1ccc(O)cc1)NC(=O)[C@H](CO)NC(=O)[C@@H]1CCCN1C(=O)[C@@H](N)CCCCN)C(=O)N[C@@H](Cc1ccc(O)cc1)C(=O)N1C[C@H](O)C[C@H]1C(=O)N[C@@H](CCCCN)C(=O)O. The predicted octanol–water partition coefficient (Wildman–Crippen LogP) is -5.77. The molecule has 4 aliphatic rings. The number of carbonyl (C=O) groups is 10. The lowest BCUT2D eigenvalue weighted by Crippen LogP contribution is -2.62. The summed E-state index contributed by atoms with van der Waals surface area (Å²) in [6.07, 6.45) is -4.30. The minimum atomic E-state index is -1.88. The number of aromatic hydroxyl groups is 2. The number of β-amino-alcohol motifs (C(OH)–C–C–N with tert-alkyl or cyclic N) is 3. The van der Waals surface area contributed by atoms with Gasteiger partial charge in [-0.3, -0.25) is 43.2 Å². The number of unbranched alkanes of at least 4 members (excludes halogenated alkanes) is 2. The van der Waals surface area contributed by atoms with Crippen molar-refractivity contribution in [1.82, 2.24) is 46.2 Å². The van der Waals surface area contributed by atoms with Crippen molar-refractivity contribution < 1.29 is 88.8 Å². The first-order chi connectivity index (χ1) is 41.3. The van der Waals surface area contributed by atoms with E-state index in [1.54, 1.807) is 0 Å². The molecule has 0 saturated carbocycles. The first kappa shape index (κ1) is 68.5. The van der Waals surface area contributed by atoms with E-state index in [2.05, 4.69) is 26.6 Å². The van der Waals surface area contributed by atoms with Gasteiger partial charge in [0, 0.05) is 58.3 Å². The number of rotatable bonds is 29. The van der Waals surface area contributed by atoms with Crippen molar-refractivity contribution in [3.8, 4) is 11.5 Å². The van der Waals surface area contributed by atoms with E-state index in [-0.39, 0.29) is 56.7 Å². The minimum Gasteiger partial charge on any atom is -0.508 e. The summed E-state index contributed by atoms with van der Waals surface area (Å²) < 4.78 is 0. The minimum absolute atomic E-state index is 0.0180. The lowest BCUT2D eigenvalue weighted by Gasteiger charge is -2.34. The summed E-state index contributed by atoms with van der Waals surface area (Å²) in [5.74, 6) is -9.83. The molecule has 4 heterocycles. The lowest BCUT2D eigenvalue weighted by atomic mass is 10.0. The lowest BCUT2D eigenvalue weighted by molar-refractivity contribution is -0.148. The van der Waals surface area contributed by atoms with E-state index in [1.165, 1.54) is 53.4 Å². The zero-order valence-corrected chi connectivity index (χ0v) is 48.5. The van der Waals surface area contributed by atoms with Gasteiger partial charge in [0.15, 0.2) is 0 Å². The van der Waals surface area contributed by atoms with Crippen LogP contribution >= 0.6 is 0 Å². The molecule has 0 bridgehead atoms. The van der Waals surface area contributed by atoms with Gasteiger partial charge in [-0.1, -0.05) is 30.7 Å². The molecule has 0 aliphatic carbocycles. The first-order valence-electron chi connectivity index (χ1n) is 29.4. The van der Waals surface area contributed by atoms with Crippen molar-refractivity contribution in [2.24, 2.45) is 17.2 Å². The van der Waals surface area contributed by atoms with Gasteiger partial charge in [-0.2, -0.15) is 0 Å². The van der Waals surface area contributed by atoms with Gasteiger partial charge in [0.2, 0.25) is 53.2 Å². The summed E-state index contributed by atoms with van der Waals surface area (Å²) in [7, 11) is 0. The van der Waals surface area contributed by atoms with Crippen LogP contribution in [0.1, 0.15) is 88.7 Å². The number of nitrogens with zero attached hydrogens (tertiary/aromatic N) is 4. The summed E-state index contributed by atoms with van der Waals surface area (Å²) in [5.41, 5.74) is 18.1. The number of phenolic OH excluding ortho intramolecular Hbond substituents is 2. The van der Waals surface area contributed by atoms with Crippen LogP contribution < -0.4 is 43.8 Å². The molecule has 19 N–H and O–H groups in total. The average Bonchev–Trinajstić information content (AvgIpc) is 2.19. The molecule has 0 spiro atoms. The number of nitrogens with two attached hydrogens (primary N) is 3. The highest BCUT2D eigenvalue weighted by molar-refractivity contribution is 5.99. The fraction of sp³-hybridized carbons (Fsp3) is 0.614. The van der Waals surface area contributed by atoms with Crippen LogP contribution in [0.15, 0.2) is 48.5 Å². The number of amides is 9. The van der Waals surface area contributed by atoms with E-state index in [9.17, 15) is 88.8 Å². The highest BCUT2D eigenvalue weighted by Crippen LogP contribution is 2.28. The molecule has 4 fully saturated rings. The third-order valence-corrected chi connectivity index (χ3v) is 16.1. The van der Waals surface area contributed by atoms with Crippen molar-refractivity contribution in [3.63, 3.8) is 0 Å². The third-order valence-electron chi connectivity index (χ3n) is 16.1. The Morgan fingerprint density at radius 2 is 1.00 bits per heavy atom. The zero-order chi connectivity index (χ0) is 63.8. The average molecular weight is 1230 g/mol. The number of aliphatic hydroxyl groups is 5. The Hall–Kier alpha value is -7.58. The molecule has 0 unspecified atom stereocenters. The maximum Gasteiger partial charge on any atom is 0.326 e. The van der Waals surface area contributed by atoms with Crippen molar-refractivity contribution in [2.75, 3.05) is 45.9 Å². The van der Waals surface area contributed by atoms with Gasteiger partial charge in [-0.15, -0.1) is 0 Å². The van der Waals surface area contributed by atoms with Crippen molar-refractivity contribution >= 4 is 59.1 Å². The number of aliphatic carboxylic acids is 1. The second-order valence-electron chi connectivity index (χ2n) is 22.8. The number of carbonyl (C=O) groups excluding carboxylic acids is 9. The molecule has 30 nitrogen and oxygen atoms in total. The number of carboxylic acids is 1. The second kappa shape index (κ2) is 31.9. The molecular formula is C57H84N12O18. The standard InChI is InChI=1S/C57H84N12O18/c1-30(71)47(52(81)63-41(22-32-12-16-34(73)17-13-32)54(83)67-26-35(74)23-44(67)50(79)61-39(57(86)87)8-3-5-19-59)65-51(80)45-24-36(75)27-68(45)56(85)46-25-37(76)28-69(46)55(84)40(21-31-10-14-33(72)15-11-31)62-48(77)42(29-70)64-49(78)43-9-6-20-66(43)53(82)38(60)7-2-4-18-58/h10-17,30,35-47,70-76H,2-9,18-29,58-60H2,1H3,(H,61,79)(H,62,77)(H,63,81)(H,64,78)(H,65,80)(H,86,87)/t30-,35-,36-,37-,38+,39+,40+,41+,42+,43+,44+,45+,46+,47+/m1/s1. The van der Waals surface area contributed by atoms with Crippen LogP contribution in [0, 0.1) is 0 Å². The van der Waals surface area contributed by atoms with Crippen molar-refractivity contribution in [3.05, 3.63) is 59.7 Å². The first-order valence-corrected chi connectivity index (χ1v) is 29.4. The number of phenols is 2. The summed E-state index contributed by atoms with van der Waals surface area (Å²) >= 11 is 0. The Kier molecular flexibility index (Phi) is 25.1. The van der Waals surface area contributed by atoms with Crippen LogP contribution in [0.5, 0.6) is 11.5 Å². The summed E-state index contributed by atoms with van der Waals surface area (Å²) in [6.45, 7) is -0.298. The molecule has 480 valence electrons. The van der Waals surface area contributed by atoms with E-state index in [0.29, 0.717) is 56.2 Å². The molecule has 30 heteroatoms. The van der Waals surface area contributed by atoms with Gasteiger partial charge in [0.05, 0.1) is 37.1 Å². The van der Waals surface area contributed by atoms with Crippen LogP contribution in [0.2, 0.25) is 0 Å². The Morgan fingerprint density at radius 1 is 0.552 bits per heavy atom. The van der Waals surface area contributed by atoms with E-state index in [0.717, 1.165) is 21.6 Å². The van der Waals surface area contributed by atoms with Gasteiger partial charge in [0.1, 0.15) is 65.9 Å². The molecule has 87 heavy (non-hydrogen) atoms. The fourth-order valence-corrected chi connectivity index (χ4v) is 11.4. The van der Waals surface area contributed by atoms with Gasteiger partial charge in [0.25, 0.3) is 0 Å². The van der Waals surface area contributed by atoms with Gasteiger partial charge in [-0.25, -0.2) is 4.79 Å². The maximum atomic E-state index is 14.8. The molecular weight excluding hydrogens is 1140 g/mol. The van der Waals surface area contributed by atoms with Crippen LogP contribution in [-0.4, -0.2) is 250 Å². The number of aliphatic hydroxyl groups excluding tert-OH is 5. The normalized spacial score (nSPS) is 23.4. The number of hydrogen-bond acceptors (Lipinski definition) is 20. The van der Waals surface area contributed by atoms with E-state index in [4.69, 9.17) is 17.2 Å². The monoisotopic (exact) mass is 1220 g/mol. The van der Waals surface area contributed by atoms with Crippen molar-refractivity contribution in [1.29, 1.82) is 0 Å². The zero-order valence-electron chi connectivity index (χ0n) is 48.5. The van der Waals surface area contributed by atoms with Gasteiger partial charge < -0.3 is 104 Å². The molecule has 2 aromatic carbocycles. The predicted molar refractivity (Wildman–Crippen MR) is 307 cm³/mol. The summed E-state index contributed by atoms with van der Waals surface area (Å²) in [4.78, 5) is 144. The number of hydrogen-bond donors (Lipinski definition) is 16. The molecule has 4 saturated heterocycles. The molecule has 0 radical (unpaired) electrons. The van der Waals surface area contributed by atoms with Gasteiger partial charge >= 0.3 is 5.97 Å². The Morgan fingerprint density at radius 3 is 1.51 bits per heavy atom. The number of benzene rings is 2.